The van der Waals surface area contributed by atoms with Gasteiger partial charge < -0.3 is 19.1 Å². The molecular weight excluding hydrogens is 428 g/mol. The fourth-order valence-electron chi connectivity index (χ4n) is 4.23. The van der Waals surface area contributed by atoms with E-state index in [1.54, 1.807) is 0 Å². The number of nitrogens with zero attached hydrogens (tertiary/aromatic N) is 4. The van der Waals surface area contributed by atoms with Gasteiger partial charge in [0.2, 0.25) is 5.91 Å². The molecule has 3 aromatic carbocycles. The number of fused-ring (bicyclic) bond motifs is 1. The van der Waals surface area contributed by atoms with Crippen molar-refractivity contribution in [2.75, 3.05) is 26.2 Å². The van der Waals surface area contributed by atoms with E-state index in [0.29, 0.717) is 37.6 Å². The van der Waals surface area contributed by atoms with E-state index in [4.69, 9.17) is 9.72 Å². The van der Waals surface area contributed by atoms with Crippen LogP contribution in [0.5, 0.6) is 5.75 Å². The van der Waals surface area contributed by atoms with E-state index in [9.17, 15) is 9.59 Å². The lowest BCUT2D eigenvalue weighted by molar-refractivity contribution is -0.133. The highest BCUT2D eigenvalue weighted by Crippen LogP contribution is 2.19. The highest BCUT2D eigenvalue weighted by molar-refractivity contribution is 5.94. The predicted molar refractivity (Wildman–Crippen MR) is 129 cm³/mol. The molecule has 1 aliphatic rings. The first-order valence-electron chi connectivity index (χ1n) is 11.4. The fraction of sp³-hybridized carbons (Fsp3) is 0.222. The Morgan fingerprint density at radius 2 is 1.38 bits per heavy atom. The fourth-order valence-corrected chi connectivity index (χ4v) is 4.23. The van der Waals surface area contributed by atoms with Gasteiger partial charge in [0, 0.05) is 31.7 Å². The van der Waals surface area contributed by atoms with Crippen LogP contribution in [0.4, 0.5) is 0 Å². The van der Waals surface area contributed by atoms with Crippen molar-refractivity contribution in [2.45, 2.75) is 13.2 Å². The van der Waals surface area contributed by atoms with E-state index in [-0.39, 0.29) is 25.0 Å². The first-order valence-corrected chi connectivity index (χ1v) is 11.4. The van der Waals surface area contributed by atoms with Crippen LogP contribution in [-0.2, 0) is 17.9 Å². The summed E-state index contributed by atoms with van der Waals surface area (Å²) in [5, 5.41) is 0. The van der Waals surface area contributed by atoms with Gasteiger partial charge in [-0.15, -0.1) is 0 Å². The number of hydrogen-bond donors (Lipinski definition) is 0. The zero-order chi connectivity index (χ0) is 23.3. The van der Waals surface area contributed by atoms with Crippen LogP contribution in [0.15, 0.2) is 84.9 Å². The van der Waals surface area contributed by atoms with Crippen molar-refractivity contribution in [3.05, 3.63) is 96.3 Å². The molecule has 1 saturated heterocycles. The highest BCUT2D eigenvalue weighted by atomic mass is 16.5. The number of piperazine rings is 1. The van der Waals surface area contributed by atoms with Crippen LogP contribution < -0.4 is 4.74 Å². The normalized spacial score (nSPS) is 13.8. The van der Waals surface area contributed by atoms with E-state index >= 15 is 0 Å². The number of aromatic nitrogens is 2. The SMILES string of the molecule is O=C(Cn1c(COc2ccccc2)nc2ccccc21)N1CCN(C(=O)c2ccccc2)CC1. The van der Waals surface area contributed by atoms with Crippen molar-refractivity contribution >= 4 is 22.8 Å². The zero-order valence-corrected chi connectivity index (χ0v) is 18.8. The largest absolute Gasteiger partial charge is 0.486 e. The Balaban J connectivity index is 1.27. The summed E-state index contributed by atoms with van der Waals surface area (Å²) in [5.41, 5.74) is 2.41. The van der Waals surface area contributed by atoms with E-state index in [1.165, 1.54) is 0 Å². The number of hydrogen-bond acceptors (Lipinski definition) is 4. The van der Waals surface area contributed by atoms with E-state index in [1.807, 2.05) is 99.3 Å². The minimum Gasteiger partial charge on any atom is -0.486 e. The van der Waals surface area contributed by atoms with Crippen LogP contribution in [-0.4, -0.2) is 57.3 Å². The Morgan fingerprint density at radius 3 is 2.12 bits per heavy atom. The first-order chi connectivity index (χ1) is 16.7. The third kappa shape index (κ3) is 4.64. The van der Waals surface area contributed by atoms with Crippen LogP contribution in [0.1, 0.15) is 16.2 Å². The Labute approximate surface area is 198 Å². The second-order valence-corrected chi connectivity index (χ2v) is 8.24. The molecular formula is C27H26N4O3. The molecule has 0 N–H and O–H groups in total. The molecule has 4 aromatic rings. The number of rotatable bonds is 6. The van der Waals surface area contributed by atoms with Gasteiger partial charge in [0.05, 0.1) is 11.0 Å². The van der Waals surface area contributed by atoms with E-state index in [0.717, 1.165) is 16.8 Å². The monoisotopic (exact) mass is 454 g/mol. The summed E-state index contributed by atoms with van der Waals surface area (Å²) in [6.07, 6.45) is 0. The van der Waals surface area contributed by atoms with Crippen LogP contribution in [0.2, 0.25) is 0 Å². The van der Waals surface area contributed by atoms with Crippen molar-refractivity contribution in [2.24, 2.45) is 0 Å². The number of para-hydroxylation sites is 3. The molecule has 0 atom stereocenters. The lowest BCUT2D eigenvalue weighted by atomic mass is 10.2. The van der Waals surface area contributed by atoms with Gasteiger partial charge in [-0.2, -0.15) is 0 Å². The molecule has 2 amide bonds. The second-order valence-electron chi connectivity index (χ2n) is 8.24. The molecule has 7 nitrogen and oxygen atoms in total. The molecule has 1 fully saturated rings. The maximum atomic E-state index is 13.2. The van der Waals surface area contributed by atoms with Crippen LogP contribution in [0.3, 0.4) is 0 Å². The molecule has 0 spiro atoms. The molecule has 0 aliphatic carbocycles. The van der Waals surface area contributed by atoms with Crippen molar-refractivity contribution < 1.29 is 14.3 Å². The number of ether oxygens (including phenoxy) is 1. The van der Waals surface area contributed by atoms with Gasteiger partial charge in [-0.25, -0.2) is 4.98 Å². The molecule has 0 saturated carbocycles. The molecule has 7 heteroatoms. The molecule has 34 heavy (non-hydrogen) atoms. The molecule has 2 heterocycles. The first kappa shape index (κ1) is 21.7. The second kappa shape index (κ2) is 9.79. The summed E-state index contributed by atoms with van der Waals surface area (Å²) >= 11 is 0. The van der Waals surface area contributed by atoms with Crippen LogP contribution in [0, 0.1) is 0 Å². The standard InChI is InChI=1S/C27H26N4O3/c32-26(29-15-17-30(18-16-29)27(33)21-9-3-1-4-10-21)19-31-24-14-8-7-13-23(24)28-25(31)20-34-22-11-5-2-6-12-22/h1-14H,15-20H2. The maximum absolute atomic E-state index is 13.2. The summed E-state index contributed by atoms with van der Waals surface area (Å²) in [6.45, 7) is 2.52. The molecule has 0 bridgehead atoms. The quantitative estimate of drug-likeness (QED) is 0.447. The number of benzene rings is 3. The summed E-state index contributed by atoms with van der Waals surface area (Å²) in [6, 6.07) is 26.6. The number of carbonyl (C=O) groups excluding carboxylic acids is 2. The zero-order valence-electron chi connectivity index (χ0n) is 18.8. The molecule has 1 aliphatic heterocycles. The minimum absolute atomic E-state index is 0.00801. The predicted octanol–water partition coefficient (Wildman–Crippen LogP) is 3.60. The Hall–Kier alpha value is -4.13. The average molecular weight is 455 g/mol. The smallest absolute Gasteiger partial charge is 0.253 e. The lowest BCUT2D eigenvalue weighted by Gasteiger charge is -2.35. The van der Waals surface area contributed by atoms with Gasteiger partial charge in [0.1, 0.15) is 24.7 Å². The highest BCUT2D eigenvalue weighted by Gasteiger charge is 2.26. The third-order valence-electron chi connectivity index (χ3n) is 6.08. The van der Waals surface area contributed by atoms with Gasteiger partial charge in [-0.05, 0) is 36.4 Å². The van der Waals surface area contributed by atoms with Gasteiger partial charge in [0.25, 0.3) is 5.91 Å². The van der Waals surface area contributed by atoms with Crippen LogP contribution in [0.25, 0.3) is 11.0 Å². The molecule has 1 aromatic heterocycles. The number of carbonyl (C=O) groups is 2. The van der Waals surface area contributed by atoms with Gasteiger partial charge in [-0.1, -0.05) is 48.5 Å². The topological polar surface area (TPSA) is 67.7 Å². The third-order valence-corrected chi connectivity index (χ3v) is 6.08. The van der Waals surface area contributed by atoms with Crippen molar-refractivity contribution in [1.29, 1.82) is 0 Å². The van der Waals surface area contributed by atoms with Gasteiger partial charge >= 0.3 is 0 Å². The molecule has 0 unspecified atom stereocenters. The summed E-state index contributed by atoms with van der Waals surface area (Å²) in [4.78, 5) is 34.3. The van der Waals surface area contributed by atoms with Crippen molar-refractivity contribution in [3.8, 4) is 5.75 Å². The van der Waals surface area contributed by atoms with Crippen molar-refractivity contribution in [3.63, 3.8) is 0 Å². The maximum Gasteiger partial charge on any atom is 0.253 e. The van der Waals surface area contributed by atoms with E-state index in [2.05, 4.69) is 0 Å². The summed E-state index contributed by atoms with van der Waals surface area (Å²) < 4.78 is 7.85. The summed E-state index contributed by atoms with van der Waals surface area (Å²) in [7, 11) is 0. The number of imidazole rings is 1. The Morgan fingerprint density at radius 1 is 0.765 bits per heavy atom. The van der Waals surface area contributed by atoms with Crippen LogP contribution >= 0.6 is 0 Å². The Bertz CT molecular complexity index is 1280. The molecule has 5 rings (SSSR count). The minimum atomic E-state index is 0.00801. The molecule has 172 valence electrons. The van der Waals surface area contributed by atoms with Crippen molar-refractivity contribution in [1.82, 2.24) is 19.4 Å². The van der Waals surface area contributed by atoms with Gasteiger partial charge in [-0.3, -0.25) is 9.59 Å². The summed E-state index contributed by atoms with van der Waals surface area (Å²) in [5.74, 6) is 1.48. The number of amides is 2. The Kier molecular flexibility index (Phi) is 6.25. The lowest BCUT2D eigenvalue weighted by Crippen LogP contribution is -2.51. The van der Waals surface area contributed by atoms with E-state index < -0.39 is 0 Å². The average Bonchev–Trinajstić information content (AvgIpc) is 3.25. The molecule has 0 radical (unpaired) electrons. The van der Waals surface area contributed by atoms with Gasteiger partial charge in [0.15, 0.2) is 0 Å².